The molecule has 1 rings (SSSR count). The van der Waals surface area contributed by atoms with E-state index in [2.05, 4.69) is 0 Å². The minimum absolute atomic E-state index is 0.0857. The van der Waals surface area contributed by atoms with Crippen molar-refractivity contribution in [3.8, 4) is 0 Å². The molecule has 0 fully saturated rings. The van der Waals surface area contributed by atoms with Crippen LogP contribution >= 0.6 is 0 Å². The highest BCUT2D eigenvalue weighted by Crippen LogP contribution is 1.91. The van der Waals surface area contributed by atoms with E-state index in [0.717, 1.165) is 28.2 Å². The van der Waals surface area contributed by atoms with Crippen LogP contribution in [0.2, 0.25) is 0 Å². The topological polar surface area (TPSA) is 62.5 Å². The fraction of sp³-hybridized carbons (Fsp3) is 0.667. The maximum Gasteiger partial charge on any atom is 0.334 e. The molecule has 0 aromatic carbocycles. The van der Waals surface area contributed by atoms with Crippen molar-refractivity contribution >= 4 is 0 Å². The van der Waals surface area contributed by atoms with Crippen LogP contribution in [0.1, 0.15) is 26.7 Å². The van der Waals surface area contributed by atoms with Gasteiger partial charge in [0.15, 0.2) is 0 Å². The fourth-order valence-electron chi connectivity index (χ4n) is 1.43. The highest BCUT2D eigenvalue weighted by atomic mass is 19.1. The molecule has 0 amide bonds. The van der Waals surface area contributed by atoms with Crippen LogP contribution in [0.15, 0.2) is 15.8 Å². The molecule has 0 saturated carbocycles. The van der Waals surface area contributed by atoms with Gasteiger partial charge in [0.1, 0.15) is 13.5 Å². The quantitative estimate of drug-likeness (QED) is 0.661. The van der Waals surface area contributed by atoms with E-state index in [9.17, 15) is 14.0 Å². The van der Waals surface area contributed by atoms with Crippen LogP contribution < -0.4 is 11.2 Å². The summed E-state index contributed by atoms with van der Waals surface area (Å²) in [6, 6.07) is 0. The van der Waals surface area contributed by atoms with Gasteiger partial charge in [-0.1, -0.05) is 13.8 Å². The Kier molecular flexibility index (Phi) is 6.44. The molecule has 0 aliphatic heterocycles. The van der Waals surface area contributed by atoms with Gasteiger partial charge in [0.2, 0.25) is 5.82 Å². The first-order valence-corrected chi connectivity index (χ1v) is 6.27. The molecule has 1 aromatic heterocycles. The van der Waals surface area contributed by atoms with Gasteiger partial charge >= 0.3 is 5.69 Å². The highest BCUT2D eigenvalue weighted by Gasteiger charge is 2.11. The van der Waals surface area contributed by atoms with Gasteiger partial charge in [-0.15, -0.1) is 0 Å². The van der Waals surface area contributed by atoms with Crippen LogP contribution in [-0.4, -0.2) is 22.3 Å². The third kappa shape index (κ3) is 4.29. The van der Waals surface area contributed by atoms with Gasteiger partial charge in [0.05, 0.1) is 6.20 Å². The number of rotatable bonds is 8. The summed E-state index contributed by atoms with van der Waals surface area (Å²) in [5, 5.41) is 0. The van der Waals surface area contributed by atoms with Crippen molar-refractivity contribution in [2.75, 3.05) is 13.2 Å². The Balaban J connectivity index is 2.94. The molecule has 19 heavy (non-hydrogen) atoms. The maximum absolute atomic E-state index is 13.4. The lowest BCUT2D eigenvalue weighted by Crippen LogP contribution is -2.42. The monoisotopic (exact) mass is 274 g/mol. The van der Waals surface area contributed by atoms with Gasteiger partial charge in [-0.05, 0) is 12.8 Å². The van der Waals surface area contributed by atoms with Gasteiger partial charge < -0.3 is 9.47 Å². The molecule has 1 heterocycles. The average molecular weight is 274 g/mol. The zero-order valence-electron chi connectivity index (χ0n) is 11.2. The Morgan fingerprint density at radius 1 is 1.11 bits per heavy atom. The zero-order chi connectivity index (χ0) is 14.3. The van der Waals surface area contributed by atoms with Gasteiger partial charge in [-0.25, -0.2) is 9.36 Å². The molecule has 0 spiro atoms. The Morgan fingerprint density at radius 3 is 2.26 bits per heavy atom. The predicted molar refractivity (Wildman–Crippen MR) is 67.4 cm³/mol. The zero-order valence-corrected chi connectivity index (χ0v) is 11.2. The second-order valence-electron chi connectivity index (χ2n) is 4.04. The Morgan fingerprint density at radius 2 is 1.68 bits per heavy atom. The van der Waals surface area contributed by atoms with Crippen molar-refractivity contribution in [3.63, 3.8) is 0 Å². The Bertz CT molecular complexity index is 509. The Hall–Kier alpha value is -1.47. The predicted octanol–water partition coefficient (Wildman–Crippen LogP) is 0.917. The molecule has 1 aromatic rings. The second kappa shape index (κ2) is 7.85. The van der Waals surface area contributed by atoms with E-state index in [1.807, 2.05) is 13.8 Å². The molecular formula is C12H19FN2O4. The number of ether oxygens (including phenoxy) is 2. The number of aromatic nitrogens is 2. The summed E-state index contributed by atoms with van der Waals surface area (Å²) in [6.45, 7) is 4.33. The van der Waals surface area contributed by atoms with E-state index in [1.54, 1.807) is 0 Å². The minimum Gasteiger partial charge on any atom is -0.361 e. The van der Waals surface area contributed by atoms with Crippen molar-refractivity contribution in [2.45, 2.75) is 40.2 Å². The van der Waals surface area contributed by atoms with Crippen LogP contribution in [-0.2, 0) is 22.9 Å². The summed E-state index contributed by atoms with van der Waals surface area (Å²) < 4.78 is 25.4. The van der Waals surface area contributed by atoms with Crippen LogP contribution in [0.4, 0.5) is 4.39 Å². The summed E-state index contributed by atoms with van der Waals surface area (Å²) in [4.78, 5) is 23.4. The van der Waals surface area contributed by atoms with Crippen LogP contribution in [0, 0.1) is 5.82 Å². The smallest absolute Gasteiger partial charge is 0.334 e. The van der Waals surface area contributed by atoms with E-state index in [1.165, 1.54) is 0 Å². The number of hydrogen-bond acceptors (Lipinski definition) is 4. The number of nitrogens with zero attached hydrogens (tertiary/aromatic N) is 2. The molecule has 0 atom stereocenters. The normalized spacial score (nSPS) is 10.9. The minimum atomic E-state index is -1.00. The first kappa shape index (κ1) is 15.6. The molecule has 6 nitrogen and oxygen atoms in total. The number of hydrogen-bond donors (Lipinski definition) is 0. The van der Waals surface area contributed by atoms with Crippen LogP contribution in [0.25, 0.3) is 0 Å². The van der Waals surface area contributed by atoms with Crippen LogP contribution in [0.5, 0.6) is 0 Å². The molecule has 0 N–H and O–H groups in total. The second-order valence-corrected chi connectivity index (χ2v) is 4.04. The summed E-state index contributed by atoms with van der Waals surface area (Å²) in [6.07, 6.45) is 2.39. The largest absolute Gasteiger partial charge is 0.361 e. The number of halogens is 1. The van der Waals surface area contributed by atoms with Crippen molar-refractivity contribution in [1.29, 1.82) is 0 Å². The van der Waals surface area contributed by atoms with E-state index >= 15 is 0 Å². The molecule has 0 saturated heterocycles. The lowest BCUT2D eigenvalue weighted by atomic mass is 10.5. The first-order valence-electron chi connectivity index (χ1n) is 6.27. The molecule has 0 radical (unpaired) electrons. The third-order valence-electron chi connectivity index (χ3n) is 2.34. The maximum atomic E-state index is 13.4. The third-order valence-corrected chi connectivity index (χ3v) is 2.34. The van der Waals surface area contributed by atoms with E-state index in [4.69, 9.17) is 9.47 Å². The SMILES string of the molecule is CCCOCn1cc(F)c(=O)n(COCCC)c1=O. The Labute approximate surface area is 110 Å². The molecule has 0 bridgehead atoms. The fourth-order valence-corrected chi connectivity index (χ4v) is 1.43. The van der Waals surface area contributed by atoms with E-state index < -0.39 is 17.1 Å². The summed E-state index contributed by atoms with van der Waals surface area (Å²) in [5.74, 6) is -1.00. The van der Waals surface area contributed by atoms with E-state index in [0.29, 0.717) is 13.2 Å². The summed E-state index contributed by atoms with van der Waals surface area (Å²) in [5.41, 5.74) is -1.62. The molecule has 108 valence electrons. The van der Waals surface area contributed by atoms with Gasteiger partial charge in [0, 0.05) is 13.2 Å². The lowest BCUT2D eigenvalue weighted by molar-refractivity contribution is 0.0553. The first-order chi connectivity index (χ1) is 9.11. The van der Waals surface area contributed by atoms with Crippen molar-refractivity contribution < 1.29 is 13.9 Å². The standard InChI is InChI=1S/C12H19FN2O4/c1-3-5-18-8-14-7-10(13)11(16)15(12(14)17)9-19-6-4-2/h7H,3-6,8-9H2,1-2H3. The van der Waals surface area contributed by atoms with E-state index in [-0.39, 0.29) is 13.5 Å². The summed E-state index contributed by atoms with van der Waals surface area (Å²) >= 11 is 0. The molecule has 0 unspecified atom stereocenters. The molecule has 7 heteroatoms. The van der Waals surface area contributed by atoms with Gasteiger partial charge in [-0.2, -0.15) is 4.39 Å². The van der Waals surface area contributed by atoms with Crippen molar-refractivity contribution in [1.82, 2.24) is 9.13 Å². The average Bonchev–Trinajstić information content (AvgIpc) is 2.40. The highest BCUT2D eigenvalue weighted by molar-refractivity contribution is 4.89. The lowest BCUT2D eigenvalue weighted by Gasteiger charge is -2.10. The van der Waals surface area contributed by atoms with Gasteiger partial charge in [0.25, 0.3) is 5.56 Å². The summed E-state index contributed by atoms with van der Waals surface area (Å²) in [7, 11) is 0. The van der Waals surface area contributed by atoms with Crippen molar-refractivity contribution in [3.05, 3.63) is 32.9 Å². The van der Waals surface area contributed by atoms with Gasteiger partial charge in [-0.3, -0.25) is 9.36 Å². The van der Waals surface area contributed by atoms with Crippen molar-refractivity contribution in [2.24, 2.45) is 0 Å². The van der Waals surface area contributed by atoms with Crippen LogP contribution in [0.3, 0.4) is 0 Å². The molecule has 0 aliphatic rings. The molecular weight excluding hydrogens is 255 g/mol. The molecule has 0 aliphatic carbocycles.